The predicted molar refractivity (Wildman–Crippen MR) is 101 cm³/mol. The number of carbonyl (C=O) groups is 1. The van der Waals surface area contributed by atoms with Crippen molar-refractivity contribution in [3.8, 4) is 0 Å². The second-order valence-electron chi connectivity index (χ2n) is 6.72. The second kappa shape index (κ2) is 7.68. The molecule has 3 heterocycles. The molecule has 2 aliphatic heterocycles. The molecule has 2 aromatic rings. The summed E-state index contributed by atoms with van der Waals surface area (Å²) in [7, 11) is 0. The van der Waals surface area contributed by atoms with Crippen LogP contribution in [-0.2, 0) is 9.53 Å². The van der Waals surface area contributed by atoms with E-state index in [1.807, 2.05) is 18.2 Å². The van der Waals surface area contributed by atoms with Gasteiger partial charge < -0.3 is 20.3 Å². The molecular weight excluding hydrogens is 336 g/mol. The van der Waals surface area contributed by atoms with Crippen molar-refractivity contribution in [3.05, 3.63) is 18.2 Å². The van der Waals surface area contributed by atoms with Crippen LogP contribution in [0.15, 0.2) is 18.2 Å². The van der Waals surface area contributed by atoms with Crippen molar-refractivity contribution < 1.29 is 9.53 Å². The molecule has 1 atom stereocenters. The van der Waals surface area contributed by atoms with Gasteiger partial charge in [-0.2, -0.15) is 0 Å². The van der Waals surface area contributed by atoms with Crippen LogP contribution in [0.5, 0.6) is 0 Å². The average molecular weight is 360 g/mol. The molecule has 0 radical (unpaired) electrons. The number of hydrogen-bond acceptors (Lipinski definition) is 6. The molecule has 0 spiro atoms. The minimum Gasteiger partial charge on any atom is -0.378 e. The lowest BCUT2D eigenvalue weighted by Gasteiger charge is -2.25. The van der Waals surface area contributed by atoms with Crippen LogP contribution in [0.25, 0.3) is 10.2 Å². The number of benzene rings is 1. The van der Waals surface area contributed by atoms with Crippen molar-refractivity contribution in [2.45, 2.75) is 19.3 Å². The van der Waals surface area contributed by atoms with Crippen LogP contribution in [0.1, 0.15) is 19.3 Å². The van der Waals surface area contributed by atoms with Gasteiger partial charge in [-0.3, -0.25) is 4.79 Å². The molecule has 0 bridgehead atoms. The SMILES string of the molecule is O=C(CCC1CCNC1)Nc1ccc2nc(N3CCOCC3)sc2c1. The highest BCUT2D eigenvalue weighted by Crippen LogP contribution is 2.31. The van der Waals surface area contributed by atoms with Crippen molar-refractivity contribution >= 4 is 38.3 Å². The molecule has 0 aliphatic carbocycles. The minimum atomic E-state index is 0.101. The molecule has 2 saturated heterocycles. The second-order valence-corrected chi connectivity index (χ2v) is 7.73. The number of morpholine rings is 1. The van der Waals surface area contributed by atoms with Crippen molar-refractivity contribution in [1.29, 1.82) is 0 Å². The zero-order valence-electron chi connectivity index (χ0n) is 14.3. The third kappa shape index (κ3) is 4.11. The fourth-order valence-electron chi connectivity index (χ4n) is 3.40. The molecule has 2 fully saturated rings. The Bertz CT molecular complexity index is 736. The van der Waals surface area contributed by atoms with Crippen LogP contribution in [0.4, 0.5) is 10.8 Å². The number of nitrogens with one attached hydrogen (secondary N) is 2. The molecule has 1 unspecified atom stereocenters. The number of amides is 1. The summed E-state index contributed by atoms with van der Waals surface area (Å²) in [5.41, 5.74) is 1.85. The zero-order chi connectivity index (χ0) is 17.1. The highest BCUT2D eigenvalue weighted by Gasteiger charge is 2.17. The summed E-state index contributed by atoms with van der Waals surface area (Å²) in [5, 5.41) is 7.42. The lowest BCUT2D eigenvalue weighted by Crippen LogP contribution is -2.36. The third-order valence-corrected chi connectivity index (χ3v) is 5.96. The van der Waals surface area contributed by atoms with Gasteiger partial charge in [-0.15, -0.1) is 0 Å². The molecule has 7 heteroatoms. The Labute approximate surface area is 151 Å². The van der Waals surface area contributed by atoms with E-state index in [0.29, 0.717) is 12.3 Å². The first-order valence-corrected chi connectivity index (χ1v) is 9.83. The molecule has 134 valence electrons. The molecule has 6 nitrogen and oxygen atoms in total. The topological polar surface area (TPSA) is 66.5 Å². The first kappa shape index (κ1) is 16.8. The first-order valence-electron chi connectivity index (χ1n) is 9.02. The van der Waals surface area contributed by atoms with Gasteiger partial charge in [0.25, 0.3) is 0 Å². The van der Waals surface area contributed by atoms with Gasteiger partial charge >= 0.3 is 0 Å². The summed E-state index contributed by atoms with van der Waals surface area (Å²) < 4.78 is 6.51. The Hall–Kier alpha value is -1.70. The Morgan fingerprint density at radius 3 is 3.08 bits per heavy atom. The number of carbonyl (C=O) groups excluding carboxylic acids is 1. The number of nitrogens with zero attached hydrogens (tertiary/aromatic N) is 2. The lowest BCUT2D eigenvalue weighted by atomic mass is 10.0. The van der Waals surface area contributed by atoms with Gasteiger partial charge in [0, 0.05) is 25.2 Å². The molecule has 1 amide bonds. The maximum atomic E-state index is 12.2. The minimum absolute atomic E-state index is 0.101. The van der Waals surface area contributed by atoms with Crippen LogP contribution in [-0.4, -0.2) is 50.3 Å². The summed E-state index contributed by atoms with van der Waals surface area (Å²) in [6, 6.07) is 5.97. The van der Waals surface area contributed by atoms with Crippen molar-refractivity contribution in [2.24, 2.45) is 5.92 Å². The Balaban J connectivity index is 1.39. The van der Waals surface area contributed by atoms with E-state index >= 15 is 0 Å². The van der Waals surface area contributed by atoms with Gasteiger partial charge in [0.05, 0.1) is 23.4 Å². The number of hydrogen-bond donors (Lipinski definition) is 2. The molecule has 2 N–H and O–H groups in total. The Kier molecular flexibility index (Phi) is 5.14. The van der Waals surface area contributed by atoms with E-state index in [9.17, 15) is 4.79 Å². The highest BCUT2D eigenvalue weighted by molar-refractivity contribution is 7.22. The molecular formula is C18H24N4O2S. The number of rotatable bonds is 5. The molecule has 0 saturated carbocycles. The van der Waals surface area contributed by atoms with Crippen LogP contribution in [0, 0.1) is 5.92 Å². The third-order valence-electron chi connectivity index (χ3n) is 4.88. The largest absolute Gasteiger partial charge is 0.378 e. The lowest BCUT2D eigenvalue weighted by molar-refractivity contribution is -0.116. The summed E-state index contributed by atoms with van der Waals surface area (Å²) in [4.78, 5) is 19.2. The number of aromatic nitrogens is 1. The van der Waals surface area contributed by atoms with Crippen molar-refractivity contribution in [2.75, 3.05) is 49.6 Å². The van der Waals surface area contributed by atoms with Gasteiger partial charge in [0.15, 0.2) is 5.13 Å². The molecule has 1 aromatic carbocycles. The average Bonchev–Trinajstić information content (AvgIpc) is 3.30. The fourth-order valence-corrected chi connectivity index (χ4v) is 4.46. The van der Waals surface area contributed by atoms with Gasteiger partial charge in [-0.25, -0.2) is 4.98 Å². The van der Waals surface area contributed by atoms with Crippen LogP contribution in [0.3, 0.4) is 0 Å². The van der Waals surface area contributed by atoms with Gasteiger partial charge in [-0.05, 0) is 50.0 Å². The summed E-state index contributed by atoms with van der Waals surface area (Å²) in [5.74, 6) is 0.745. The smallest absolute Gasteiger partial charge is 0.224 e. The fraction of sp³-hybridized carbons (Fsp3) is 0.556. The van der Waals surface area contributed by atoms with E-state index < -0.39 is 0 Å². The summed E-state index contributed by atoms with van der Waals surface area (Å²) in [6.45, 7) is 5.42. The summed E-state index contributed by atoms with van der Waals surface area (Å²) in [6.07, 6.45) is 2.74. The highest BCUT2D eigenvalue weighted by atomic mass is 32.1. The van der Waals surface area contributed by atoms with E-state index in [4.69, 9.17) is 9.72 Å². The standard InChI is InChI=1S/C18H24N4O2S/c23-17(4-1-13-5-6-19-12-13)20-14-2-3-15-16(11-14)25-18(21-15)22-7-9-24-10-8-22/h2-3,11,13,19H,1,4-10,12H2,(H,20,23). The van der Waals surface area contributed by atoms with E-state index in [0.717, 1.165) is 66.8 Å². The van der Waals surface area contributed by atoms with Gasteiger partial charge in [0.2, 0.25) is 5.91 Å². The molecule has 1 aromatic heterocycles. The van der Waals surface area contributed by atoms with Gasteiger partial charge in [-0.1, -0.05) is 11.3 Å². The number of fused-ring (bicyclic) bond motifs is 1. The Morgan fingerprint density at radius 1 is 1.40 bits per heavy atom. The predicted octanol–water partition coefficient (Wildman–Crippen LogP) is 2.46. The van der Waals surface area contributed by atoms with Crippen molar-refractivity contribution in [3.63, 3.8) is 0 Å². The number of anilines is 2. The number of ether oxygens (including phenoxy) is 1. The van der Waals surface area contributed by atoms with Gasteiger partial charge in [0.1, 0.15) is 0 Å². The van der Waals surface area contributed by atoms with Crippen molar-refractivity contribution in [1.82, 2.24) is 10.3 Å². The maximum Gasteiger partial charge on any atom is 0.224 e. The molecule has 2 aliphatic rings. The van der Waals surface area contributed by atoms with Crippen LogP contribution >= 0.6 is 11.3 Å². The molecule has 25 heavy (non-hydrogen) atoms. The summed E-state index contributed by atoms with van der Waals surface area (Å²) >= 11 is 1.68. The monoisotopic (exact) mass is 360 g/mol. The van der Waals surface area contributed by atoms with E-state index in [1.165, 1.54) is 6.42 Å². The van der Waals surface area contributed by atoms with E-state index in [-0.39, 0.29) is 5.91 Å². The van der Waals surface area contributed by atoms with E-state index in [1.54, 1.807) is 11.3 Å². The maximum absolute atomic E-state index is 12.2. The Morgan fingerprint density at radius 2 is 2.28 bits per heavy atom. The first-order chi connectivity index (χ1) is 12.3. The molecule has 4 rings (SSSR count). The normalized spacial score (nSPS) is 21.0. The number of thiazole rings is 1. The van der Waals surface area contributed by atoms with E-state index in [2.05, 4.69) is 15.5 Å². The quantitative estimate of drug-likeness (QED) is 0.857. The van der Waals surface area contributed by atoms with Crippen LogP contribution in [0.2, 0.25) is 0 Å². The van der Waals surface area contributed by atoms with Crippen LogP contribution < -0.4 is 15.5 Å². The zero-order valence-corrected chi connectivity index (χ0v) is 15.1.